The van der Waals surface area contributed by atoms with E-state index in [0.717, 1.165) is 12.8 Å². The minimum absolute atomic E-state index is 0.0109. The third-order valence-electron chi connectivity index (χ3n) is 7.40. The molecule has 1 fully saturated rings. The number of carbonyl (C=O) groups excluding carboxylic acids is 2. The van der Waals surface area contributed by atoms with Crippen molar-refractivity contribution in [2.24, 2.45) is 28.6 Å². The fraction of sp³-hybridized carbons (Fsp3) is 0.613. The van der Waals surface area contributed by atoms with Crippen molar-refractivity contribution < 1.29 is 19.1 Å². The van der Waals surface area contributed by atoms with E-state index >= 15 is 0 Å². The van der Waals surface area contributed by atoms with Gasteiger partial charge in [-0.2, -0.15) is 5.10 Å². The lowest BCUT2D eigenvalue weighted by Gasteiger charge is -2.45. The molecule has 3 rings (SSSR count). The highest BCUT2D eigenvalue weighted by Gasteiger charge is 2.44. The Labute approximate surface area is 247 Å². The number of hydrogen-bond acceptors (Lipinski definition) is 6. The highest BCUT2D eigenvalue weighted by molar-refractivity contribution is 9.09. The van der Waals surface area contributed by atoms with Crippen molar-refractivity contribution >= 4 is 33.5 Å². The summed E-state index contributed by atoms with van der Waals surface area (Å²) < 4.78 is 11.7. The molecule has 2 aromatic rings. The van der Waals surface area contributed by atoms with Crippen LogP contribution in [0.25, 0.3) is 11.4 Å². The summed E-state index contributed by atoms with van der Waals surface area (Å²) in [6.45, 7) is 18.6. The molecule has 1 aromatic heterocycles. The number of anilines is 1. The summed E-state index contributed by atoms with van der Waals surface area (Å²) in [5.74, 6) is 1.68. The van der Waals surface area contributed by atoms with Gasteiger partial charge in [-0.15, -0.1) is 0 Å². The fourth-order valence-corrected chi connectivity index (χ4v) is 5.56. The van der Waals surface area contributed by atoms with Gasteiger partial charge in [-0.1, -0.05) is 76.0 Å². The van der Waals surface area contributed by atoms with Crippen molar-refractivity contribution in [2.75, 3.05) is 12.4 Å². The Morgan fingerprint density at radius 3 is 2.40 bits per heavy atom. The van der Waals surface area contributed by atoms with Crippen molar-refractivity contribution in [1.29, 1.82) is 0 Å². The van der Waals surface area contributed by atoms with E-state index in [1.165, 1.54) is 5.57 Å². The number of aromatic amines is 1. The number of hydrogen-bond donors (Lipinski definition) is 2. The number of ether oxygens (including phenoxy) is 2. The number of nitrogens with one attached hydrogen (secondary N) is 2. The van der Waals surface area contributed by atoms with Gasteiger partial charge in [-0.05, 0) is 56.2 Å². The van der Waals surface area contributed by atoms with Crippen LogP contribution in [-0.4, -0.2) is 40.3 Å². The normalized spacial score (nSPS) is 22.3. The maximum absolute atomic E-state index is 13.5. The van der Waals surface area contributed by atoms with E-state index in [9.17, 15) is 9.59 Å². The first-order chi connectivity index (χ1) is 18.5. The average Bonchev–Trinajstić information content (AvgIpc) is 3.33. The van der Waals surface area contributed by atoms with Crippen LogP contribution in [0.1, 0.15) is 85.8 Å². The SMILES string of the molecule is COc1ccc(-c2n[nH]c(C(Br)C(=O)OC3C(C=C(C)C)CC(C)CC3C(C)(C)C)n2)cc1NC(=O)C(C)(C)C. The Balaban J connectivity index is 1.84. The molecule has 1 aliphatic rings. The Bertz CT molecular complexity index is 1240. The molecule has 1 aliphatic carbocycles. The predicted molar refractivity (Wildman–Crippen MR) is 162 cm³/mol. The van der Waals surface area contributed by atoms with Crippen LogP contribution in [-0.2, 0) is 14.3 Å². The average molecular weight is 618 g/mol. The number of carbonyl (C=O) groups is 2. The van der Waals surface area contributed by atoms with E-state index in [1.54, 1.807) is 25.3 Å². The van der Waals surface area contributed by atoms with Crippen molar-refractivity contribution in [3.05, 3.63) is 35.7 Å². The molecule has 0 radical (unpaired) electrons. The Hall–Kier alpha value is -2.68. The number of nitrogens with zero attached hydrogens (tertiary/aromatic N) is 2. The van der Waals surface area contributed by atoms with E-state index in [4.69, 9.17) is 9.47 Å². The highest BCUT2D eigenvalue weighted by Crippen LogP contribution is 2.45. The molecule has 8 nitrogen and oxygen atoms in total. The van der Waals surface area contributed by atoms with E-state index in [0.29, 0.717) is 34.6 Å². The lowest BCUT2D eigenvalue weighted by molar-refractivity contribution is -0.160. The first-order valence-corrected chi connectivity index (χ1v) is 14.8. The molecule has 0 spiro atoms. The highest BCUT2D eigenvalue weighted by atomic mass is 79.9. The van der Waals surface area contributed by atoms with E-state index in [1.807, 2.05) is 20.8 Å². The first-order valence-electron chi connectivity index (χ1n) is 13.9. The summed E-state index contributed by atoms with van der Waals surface area (Å²) in [4.78, 5) is 29.8. The van der Waals surface area contributed by atoms with Gasteiger partial charge in [0.15, 0.2) is 10.7 Å². The van der Waals surface area contributed by atoms with E-state index in [2.05, 4.69) is 84.0 Å². The van der Waals surface area contributed by atoms with Crippen molar-refractivity contribution in [3.8, 4) is 17.1 Å². The number of benzene rings is 1. The van der Waals surface area contributed by atoms with Gasteiger partial charge in [0.2, 0.25) is 5.91 Å². The van der Waals surface area contributed by atoms with Crippen LogP contribution in [0.4, 0.5) is 5.69 Å². The van der Waals surface area contributed by atoms with Crippen LogP contribution in [0.2, 0.25) is 0 Å². The van der Waals surface area contributed by atoms with Crippen LogP contribution in [0.15, 0.2) is 29.8 Å². The van der Waals surface area contributed by atoms with Gasteiger partial charge in [0.25, 0.3) is 0 Å². The number of allylic oxidation sites excluding steroid dienone is 1. The number of aromatic nitrogens is 3. The second-order valence-electron chi connectivity index (χ2n) is 13.4. The molecule has 0 saturated heterocycles. The van der Waals surface area contributed by atoms with Gasteiger partial charge < -0.3 is 14.8 Å². The van der Waals surface area contributed by atoms with Crippen LogP contribution < -0.4 is 10.1 Å². The van der Waals surface area contributed by atoms with E-state index in [-0.39, 0.29) is 29.3 Å². The first kappa shape index (κ1) is 31.8. The molecule has 1 heterocycles. The topological polar surface area (TPSA) is 106 Å². The molecule has 0 bridgehead atoms. The molecular formula is C31H45BrN4O4. The molecule has 220 valence electrons. The predicted octanol–water partition coefficient (Wildman–Crippen LogP) is 7.49. The van der Waals surface area contributed by atoms with Crippen LogP contribution in [0.5, 0.6) is 5.75 Å². The zero-order valence-corrected chi connectivity index (χ0v) is 27.1. The monoisotopic (exact) mass is 616 g/mol. The van der Waals surface area contributed by atoms with Crippen molar-refractivity contribution in [3.63, 3.8) is 0 Å². The van der Waals surface area contributed by atoms with Gasteiger partial charge in [-0.25, -0.2) is 4.98 Å². The lowest BCUT2D eigenvalue weighted by atomic mass is 9.64. The molecule has 9 heteroatoms. The van der Waals surface area contributed by atoms with Crippen molar-refractivity contribution in [2.45, 2.75) is 86.1 Å². The lowest BCUT2D eigenvalue weighted by Crippen LogP contribution is -2.45. The van der Waals surface area contributed by atoms with Crippen molar-refractivity contribution in [1.82, 2.24) is 15.2 Å². The zero-order chi connectivity index (χ0) is 30.0. The summed E-state index contributed by atoms with van der Waals surface area (Å²) in [5.41, 5.74) is 1.82. The summed E-state index contributed by atoms with van der Waals surface area (Å²) in [6, 6.07) is 5.32. The van der Waals surface area contributed by atoms with E-state index < -0.39 is 16.2 Å². The quantitative estimate of drug-likeness (QED) is 0.190. The number of rotatable bonds is 7. The number of H-pyrrole nitrogens is 1. The zero-order valence-electron chi connectivity index (χ0n) is 25.5. The Morgan fingerprint density at radius 2 is 1.82 bits per heavy atom. The number of amides is 1. The second-order valence-corrected chi connectivity index (χ2v) is 14.3. The molecule has 2 N–H and O–H groups in total. The van der Waals surface area contributed by atoms with Crippen LogP contribution in [0.3, 0.4) is 0 Å². The maximum atomic E-state index is 13.5. The molecule has 1 saturated carbocycles. The number of halogens is 1. The molecular weight excluding hydrogens is 572 g/mol. The number of esters is 1. The molecule has 5 atom stereocenters. The largest absolute Gasteiger partial charge is 0.495 e. The fourth-order valence-electron chi connectivity index (χ4n) is 5.24. The van der Waals surface area contributed by atoms with Gasteiger partial charge in [0, 0.05) is 22.8 Å². The second kappa shape index (κ2) is 12.5. The molecule has 0 aliphatic heterocycles. The number of methoxy groups -OCH3 is 1. The smallest absolute Gasteiger partial charge is 0.327 e. The minimum atomic E-state index is -0.806. The summed E-state index contributed by atoms with van der Waals surface area (Å²) in [5, 5.41) is 10.2. The van der Waals surface area contributed by atoms with Gasteiger partial charge >= 0.3 is 5.97 Å². The summed E-state index contributed by atoms with van der Waals surface area (Å²) >= 11 is 3.51. The Kier molecular flexibility index (Phi) is 9.91. The standard InChI is InChI=1S/C31H45BrN4O4/c1-17(2)13-20-14-18(3)15-21(30(4,5)6)25(20)40-28(37)24(32)27-34-26(35-36-27)19-11-12-23(39-10)22(16-19)33-29(38)31(7,8)9/h11-13,16,18,20-21,24-25H,14-15H2,1-10H3,(H,33,38)(H,34,35,36). The maximum Gasteiger partial charge on any atom is 0.327 e. The third kappa shape index (κ3) is 7.74. The summed E-state index contributed by atoms with van der Waals surface area (Å²) in [7, 11) is 1.55. The molecule has 1 aromatic carbocycles. The van der Waals surface area contributed by atoms with Gasteiger partial charge in [0.05, 0.1) is 12.8 Å². The number of alkyl halides is 1. The van der Waals surface area contributed by atoms with Crippen LogP contribution >= 0.6 is 15.9 Å². The van der Waals surface area contributed by atoms with Crippen LogP contribution in [0, 0.1) is 28.6 Å². The van der Waals surface area contributed by atoms with Gasteiger partial charge in [-0.3, -0.25) is 14.7 Å². The minimum Gasteiger partial charge on any atom is -0.495 e. The summed E-state index contributed by atoms with van der Waals surface area (Å²) in [6.07, 6.45) is 4.03. The molecule has 1 amide bonds. The molecule has 5 unspecified atom stereocenters. The molecule has 40 heavy (non-hydrogen) atoms. The third-order valence-corrected chi connectivity index (χ3v) is 8.21. The Morgan fingerprint density at radius 1 is 1.15 bits per heavy atom. The van der Waals surface area contributed by atoms with Gasteiger partial charge in [0.1, 0.15) is 17.7 Å².